The summed E-state index contributed by atoms with van der Waals surface area (Å²) in [7, 11) is 0. The Balaban J connectivity index is 2.28. The lowest BCUT2D eigenvalue weighted by Gasteiger charge is -2.26. The molecule has 0 aromatic heterocycles. The van der Waals surface area contributed by atoms with E-state index in [1.54, 1.807) is 0 Å². The maximum Gasteiger partial charge on any atom is 0.0252 e. The summed E-state index contributed by atoms with van der Waals surface area (Å²) in [6.07, 6.45) is 12.8. The van der Waals surface area contributed by atoms with Crippen molar-refractivity contribution in [2.24, 2.45) is 0 Å². The smallest absolute Gasteiger partial charge is 0.0252 e. The standard InChI is InChI=1S/C12H21N/c1-3-5-8-12-10-6-9-11(13-12)7-4-2/h4,6,10-13H,2-3,5,7-9H2,1H3/t11-,12-/m1/s1. The number of hydrogen-bond acceptors (Lipinski definition) is 1. The molecule has 1 heterocycles. The SMILES string of the molecule is C=CC[C@@H]1CC=C[C@@H](CCCC)N1. The van der Waals surface area contributed by atoms with Crippen LogP contribution >= 0.6 is 0 Å². The summed E-state index contributed by atoms with van der Waals surface area (Å²) >= 11 is 0. The van der Waals surface area contributed by atoms with Gasteiger partial charge >= 0.3 is 0 Å². The van der Waals surface area contributed by atoms with Crippen LogP contribution in [0.5, 0.6) is 0 Å². The van der Waals surface area contributed by atoms with E-state index in [2.05, 4.69) is 31.0 Å². The fourth-order valence-electron chi connectivity index (χ4n) is 1.80. The van der Waals surface area contributed by atoms with Crippen LogP contribution in [0.25, 0.3) is 0 Å². The summed E-state index contributed by atoms with van der Waals surface area (Å²) in [6, 6.07) is 1.24. The first-order valence-corrected chi connectivity index (χ1v) is 5.40. The van der Waals surface area contributed by atoms with E-state index >= 15 is 0 Å². The lowest BCUT2D eigenvalue weighted by atomic mass is 10.00. The average Bonchev–Trinajstić information content (AvgIpc) is 2.16. The fourth-order valence-corrected chi connectivity index (χ4v) is 1.80. The lowest BCUT2D eigenvalue weighted by molar-refractivity contribution is 0.429. The highest BCUT2D eigenvalue weighted by Gasteiger charge is 2.14. The average molecular weight is 179 g/mol. The summed E-state index contributed by atoms with van der Waals surface area (Å²) in [4.78, 5) is 0. The van der Waals surface area contributed by atoms with Crippen molar-refractivity contribution < 1.29 is 0 Å². The normalized spacial score (nSPS) is 27.5. The summed E-state index contributed by atoms with van der Waals surface area (Å²) in [5, 5.41) is 3.63. The molecule has 0 radical (unpaired) electrons. The zero-order chi connectivity index (χ0) is 9.52. The van der Waals surface area contributed by atoms with E-state index < -0.39 is 0 Å². The Bertz CT molecular complexity index is 172. The van der Waals surface area contributed by atoms with Crippen LogP contribution in [-0.4, -0.2) is 12.1 Å². The quantitative estimate of drug-likeness (QED) is 0.640. The van der Waals surface area contributed by atoms with Gasteiger partial charge in [0.1, 0.15) is 0 Å². The Hall–Kier alpha value is -0.560. The molecule has 0 saturated carbocycles. The third kappa shape index (κ3) is 3.77. The predicted molar refractivity (Wildman–Crippen MR) is 58.8 cm³/mol. The zero-order valence-corrected chi connectivity index (χ0v) is 8.63. The topological polar surface area (TPSA) is 12.0 Å². The minimum absolute atomic E-state index is 0.610. The second kappa shape index (κ2) is 5.98. The molecule has 0 fully saturated rings. The van der Waals surface area contributed by atoms with Crippen molar-refractivity contribution in [3.63, 3.8) is 0 Å². The molecule has 0 bridgehead atoms. The van der Waals surface area contributed by atoms with Gasteiger partial charge in [0, 0.05) is 12.1 Å². The van der Waals surface area contributed by atoms with Crippen molar-refractivity contribution in [3.05, 3.63) is 24.8 Å². The van der Waals surface area contributed by atoms with Gasteiger partial charge < -0.3 is 5.32 Å². The Morgan fingerprint density at radius 3 is 3.15 bits per heavy atom. The molecule has 0 aliphatic carbocycles. The molecule has 1 rings (SSSR count). The Morgan fingerprint density at radius 1 is 1.62 bits per heavy atom. The van der Waals surface area contributed by atoms with Crippen LogP contribution < -0.4 is 5.32 Å². The Labute approximate surface area is 81.9 Å². The van der Waals surface area contributed by atoms with Crippen molar-refractivity contribution in [3.8, 4) is 0 Å². The lowest BCUT2D eigenvalue weighted by Crippen LogP contribution is -2.39. The molecule has 0 amide bonds. The van der Waals surface area contributed by atoms with Crippen molar-refractivity contribution in [1.29, 1.82) is 0 Å². The van der Waals surface area contributed by atoms with Crippen molar-refractivity contribution in [2.75, 3.05) is 0 Å². The van der Waals surface area contributed by atoms with E-state index in [4.69, 9.17) is 0 Å². The van der Waals surface area contributed by atoms with Crippen molar-refractivity contribution in [2.45, 2.75) is 51.1 Å². The fraction of sp³-hybridized carbons (Fsp3) is 0.667. The molecule has 13 heavy (non-hydrogen) atoms. The van der Waals surface area contributed by atoms with E-state index in [9.17, 15) is 0 Å². The van der Waals surface area contributed by atoms with Crippen LogP contribution in [-0.2, 0) is 0 Å². The molecule has 1 N–H and O–H groups in total. The Kier molecular flexibility index (Phi) is 4.84. The van der Waals surface area contributed by atoms with Gasteiger partial charge in [-0.15, -0.1) is 6.58 Å². The second-order valence-electron chi connectivity index (χ2n) is 3.80. The second-order valence-corrected chi connectivity index (χ2v) is 3.80. The molecule has 0 unspecified atom stereocenters. The monoisotopic (exact) mass is 179 g/mol. The maximum absolute atomic E-state index is 3.78. The molecule has 0 spiro atoms. The highest BCUT2D eigenvalue weighted by atomic mass is 14.9. The summed E-state index contributed by atoms with van der Waals surface area (Å²) in [6.45, 7) is 6.02. The van der Waals surface area contributed by atoms with E-state index in [1.807, 2.05) is 6.08 Å². The van der Waals surface area contributed by atoms with Crippen molar-refractivity contribution >= 4 is 0 Å². The molecule has 1 aliphatic heterocycles. The molecule has 2 atom stereocenters. The minimum Gasteiger partial charge on any atom is -0.307 e. The van der Waals surface area contributed by atoms with Gasteiger partial charge in [0.05, 0.1) is 0 Å². The first-order valence-electron chi connectivity index (χ1n) is 5.40. The zero-order valence-electron chi connectivity index (χ0n) is 8.63. The van der Waals surface area contributed by atoms with Crippen LogP contribution in [0.4, 0.5) is 0 Å². The van der Waals surface area contributed by atoms with Crippen LogP contribution in [0.1, 0.15) is 39.0 Å². The third-order valence-electron chi connectivity index (χ3n) is 2.56. The largest absolute Gasteiger partial charge is 0.307 e. The molecular weight excluding hydrogens is 158 g/mol. The minimum atomic E-state index is 0.610. The molecule has 0 aromatic rings. The van der Waals surface area contributed by atoms with E-state index in [1.165, 1.54) is 19.3 Å². The van der Waals surface area contributed by atoms with Gasteiger partial charge in [0.15, 0.2) is 0 Å². The molecule has 0 saturated heterocycles. The van der Waals surface area contributed by atoms with E-state index in [0.29, 0.717) is 12.1 Å². The van der Waals surface area contributed by atoms with Gasteiger partial charge in [-0.25, -0.2) is 0 Å². The maximum atomic E-state index is 3.78. The number of nitrogens with one attached hydrogen (secondary N) is 1. The van der Waals surface area contributed by atoms with Crippen LogP contribution in [0.2, 0.25) is 0 Å². The first-order chi connectivity index (χ1) is 6.36. The van der Waals surface area contributed by atoms with Gasteiger partial charge in [-0.3, -0.25) is 0 Å². The summed E-state index contributed by atoms with van der Waals surface area (Å²) in [5.41, 5.74) is 0. The van der Waals surface area contributed by atoms with E-state index in [0.717, 1.165) is 12.8 Å². The van der Waals surface area contributed by atoms with Gasteiger partial charge in [-0.2, -0.15) is 0 Å². The molecule has 1 heteroatoms. The molecule has 1 aliphatic rings. The molecule has 1 nitrogen and oxygen atoms in total. The van der Waals surface area contributed by atoms with Gasteiger partial charge in [0.2, 0.25) is 0 Å². The van der Waals surface area contributed by atoms with Crippen LogP contribution in [0, 0.1) is 0 Å². The van der Waals surface area contributed by atoms with Crippen LogP contribution in [0.15, 0.2) is 24.8 Å². The molecular formula is C12H21N. The highest BCUT2D eigenvalue weighted by molar-refractivity contribution is 5.02. The number of rotatable bonds is 5. The predicted octanol–water partition coefficient (Wildman–Crippen LogP) is 3.04. The molecule has 74 valence electrons. The first kappa shape index (κ1) is 10.5. The van der Waals surface area contributed by atoms with Crippen molar-refractivity contribution in [1.82, 2.24) is 5.32 Å². The Morgan fingerprint density at radius 2 is 2.46 bits per heavy atom. The third-order valence-corrected chi connectivity index (χ3v) is 2.56. The van der Waals surface area contributed by atoms with E-state index in [-0.39, 0.29) is 0 Å². The van der Waals surface area contributed by atoms with Crippen LogP contribution in [0.3, 0.4) is 0 Å². The highest BCUT2D eigenvalue weighted by Crippen LogP contribution is 2.12. The summed E-state index contributed by atoms with van der Waals surface area (Å²) < 4.78 is 0. The molecule has 0 aromatic carbocycles. The number of hydrogen-bond donors (Lipinski definition) is 1. The summed E-state index contributed by atoms with van der Waals surface area (Å²) in [5.74, 6) is 0. The number of unbranched alkanes of at least 4 members (excludes halogenated alkanes) is 1. The van der Waals surface area contributed by atoms with Gasteiger partial charge in [-0.1, -0.05) is 38.0 Å². The van der Waals surface area contributed by atoms with Gasteiger partial charge in [0.25, 0.3) is 0 Å². The van der Waals surface area contributed by atoms with Gasteiger partial charge in [-0.05, 0) is 19.3 Å².